The summed E-state index contributed by atoms with van der Waals surface area (Å²) in [5.41, 5.74) is 2.99. The minimum Gasteiger partial charge on any atom is -0.376 e. The average molecular weight is 243 g/mol. The zero-order valence-electron chi connectivity index (χ0n) is 10.8. The monoisotopic (exact) mass is 243 g/mol. The molecule has 0 aliphatic heterocycles. The molecule has 0 aliphatic carbocycles. The van der Waals surface area contributed by atoms with Gasteiger partial charge in [0.1, 0.15) is 0 Å². The molecule has 1 atom stereocenters. The molecule has 2 heterocycles. The highest BCUT2D eigenvalue weighted by Gasteiger charge is 2.10. The lowest BCUT2D eigenvalue weighted by Crippen LogP contribution is -2.15. The van der Waals surface area contributed by atoms with Crippen LogP contribution in [0.1, 0.15) is 18.7 Å². The molecule has 0 bridgehead atoms. The molecule has 1 N–H and O–H groups in total. The fourth-order valence-corrected chi connectivity index (χ4v) is 1.73. The van der Waals surface area contributed by atoms with E-state index >= 15 is 0 Å². The van der Waals surface area contributed by atoms with Gasteiger partial charge in [0, 0.05) is 32.7 Å². The van der Waals surface area contributed by atoms with Crippen LogP contribution in [-0.2, 0) is 0 Å². The van der Waals surface area contributed by atoms with Gasteiger partial charge in [-0.3, -0.25) is 15.0 Å². The zero-order valence-corrected chi connectivity index (χ0v) is 10.8. The van der Waals surface area contributed by atoms with Gasteiger partial charge < -0.3 is 10.2 Å². The van der Waals surface area contributed by atoms with E-state index in [0.29, 0.717) is 0 Å². The maximum absolute atomic E-state index is 4.29. The van der Waals surface area contributed by atoms with Crippen molar-refractivity contribution in [2.24, 2.45) is 0 Å². The highest BCUT2D eigenvalue weighted by molar-refractivity contribution is 5.68. The standard InChI is InChI=1S/C13H17N5/c1-10(11-8-15-6-7-16-11)17-12-9-14-5-4-13(12)18(2)3/h4-10,17H,1-3H3. The van der Waals surface area contributed by atoms with Crippen molar-refractivity contribution in [2.75, 3.05) is 24.3 Å². The van der Waals surface area contributed by atoms with E-state index in [1.54, 1.807) is 24.8 Å². The largest absolute Gasteiger partial charge is 0.376 e. The van der Waals surface area contributed by atoms with Crippen LogP contribution in [0.2, 0.25) is 0 Å². The Kier molecular flexibility index (Phi) is 3.72. The molecular weight excluding hydrogens is 226 g/mol. The van der Waals surface area contributed by atoms with E-state index in [2.05, 4.69) is 27.2 Å². The summed E-state index contributed by atoms with van der Waals surface area (Å²) >= 11 is 0. The molecule has 0 aliphatic rings. The maximum Gasteiger partial charge on any atom is 0.0806 e. The number of nitrogens with one attached hydrogen (secondary N) is 1. The third-order valence-corrected chi connectivity index (χ3v) is 2.68. The first-order chi connectivity index (χ1) is 8.68. The molecule has 2 aromatic heterocycles. The van der Waals surface area contributed by atoms with Crippen LogP contribution in [0.3, 0.4) is 0 Å². The van der Waals surface area contributed by atoms with Gasteiger partial charge in [-0.1, -0.05) is 0 Å². The van der Waals surface area contributed by atoms with Crippen molar-refractivity contribution in [2.45, 2.75) is 13.0 Å². The van der Waals surface area contributed by atoms with Crippen LogP contribution in [0.4, 0.5) is 11.4 Å². The van der Waals surface area contributed by atoms with Gasteiger partial charge in [0.2, 0.25) is 0 Å². The summed E-state index contributed by atoms with van der Waals surface area (Å²) in [6.07, 6.45) is 8.74. The summed E-state index contributed by atoms with van der Waals surface area (Å²) in [6, 6.07) is 2.06. The molecule has 0 saturated carbocycles. The fourth-order valence-electron chi connectivity index (χ4n) is 1.73. The van der Waals surface area contributed by atoms with E-state index in [-0.39, 0.29) is 6.04 Å². The van der Waals surface area contributed by atoms with Crippen molar-refractivity contribution in [1.82, 2.24) is 15.0 Å². The Labute approximate surface area is 107 Å². The molecule has 0 radical (unpaired) electrons. The van der Waals surface area contributed by atoms with E-state index < -0.39 is 0 Å². The van der Waals surface area contributed by atoms with Crippen LogP contribution in [0.25, 0.3) is 0 Å². The van der Waals surface area contributed by atoms with E-state index in [1.165, 1.54) is 0 Å². The van der Waals surface area contributed by atoms with Crippen LogP contribution in [0.15, 0.2) is 37.1 Å². The van der Waals surface area contributed by atoms with Gasteiger partial charge in [-0.2, -0.15) is 0 Å². The lowest BCUT2D eigenvalue weighted by molar-refractivity contribution is 0.825. The normalized spacial score (nSPS) is 11.9. The third-order valence-electron chi connectivity index (χ3n) is 2.68. The van der Waals surface area contributed by atoms with Crippen molar-refractivity contribution in [3.05, 3.63) is 42.7 Å². The molecule has 0 spiro atoms. The van der Waals surface area contributed by atoms with Crippen LogP contribution >= 0.6 is 0 Å². The van der Waals surface area contributed by atoms with Crippen LogP contribution in [0.5, 0.6) is 0 Å². The molecule has 2 aromatic rings. The highest BCUT2D eigenvalue weighted by atomic mass is 15.1. The van der Waals surface area contributed by atoms with Gasteiger partial charge in [0.05, 0.1) is 35.5 Å². The Bertz CT molecular complexity index is 498. The first kappa shape index (κ1) is 12.3. The van der Waals surface area contributed by atoms with E-state index in [0.717, 1.165) is 17.1 Å². The summed E-state index contributed by atoms with van der Waals surface area (Å²) in [7, 11) is 4.01. The number of anilines is 2. The van der Waals surface area contributed by atoms with Crippen molar-refractivity contribution in [3.63, 3.8) is 0 Å². The first-order valence-electron chi connectivity index (χ1n) is 5.82. The SMILES string of the molecule is CC(Nc1cnccc1N(C)C)c1cnccn1. The number of nitrogens with zero attached hydrogens (tertiary/aromatic N) is 4. The molecule has 0 aromatic carbocycles. The Balaban J connectivity index is 2.19. The van der Waals surface area contributed by atoms with Gasteiger partial charge in [-0.15, -0.1) is 0 Å². The maximum atomic E-state index is 4.29. The molecule has 5 heteroatoms. The predicted octanol–water partition coefficient (Wildman–Crippen LogP) is 2.11. The second kappa shape index (κ2) is 5.44. The summed E-state index contributed by atoms with van der Waals surface area (Å²) in [6.45, 7) is 2.05. The van der Waals surface area contributed by atoms with Gasteiger partial charge in [0.25, 0.3) is 0 Å². The van der Waals surface area contributed by atoms with E-state index in [9.17, 15) is 0 Å². The van der Waals surface area contributed by atoms with Gasteiger partial charge >= 0.3 is 0 Å². The van der Waals surface area contributed by atoms with Gasteiger partial charge in [0.15, 0.2) is 0 Å². The second-order valence-corrected chi connectivity index (χ2v) is 4.28. The Morgan fingerprint density at radius 2 is 1.89 bits per heavy atom. The molecule has 5 nitrogen and oxygen atoms in total. The molecule has 2 rings (SSSR count). The molecule has 94 valence electrons. The van der Waals surface area contributed by atoms with E-state index in [1.807, 2.05) is 31.3 Å². The van der Waals surface area contributed by atoms with Gasteiger partial charge in [-0.05, 0) is 13.0 Å². The minimum atomic E-state index is 0.0848. The topological polar surface area (TPSA) is 53.9 Å². The summed E-state index contributed by atoms with van der Waals surface area (Å²) in [4.78, 5) is 14.6. The van der Waals surface area contributed by atoms with Crippen molar-refractivity contribution in [3.8, 4) is 0 Å². The number of hydrogen-bond acceptors (Lipinski definition) is 5. The molecule has 0 fully saturated rings. The smallest absolute Gasteiger partial charge is 0.0806 e. The van der Waals surface area contributed by atoms with Crippen molar-refractivity contribution >= 4 is 11.4 Å². The van der Waals surface area contributed by atoms with Gasteiger partial charge in [-0.25, -0.2) is 0 Å². The van der Waals surface area contributed by atoms with Crippen LogP contribution in [0, 0.1) is 0 Å². The summed E-state index contributed by atoms with van der Waals surface area (Å²) in [5.74, 6) is 0. The van der Waals surface area contributed by atoms with Crippen molar-refractivity contribution < 1.29 is 0 Å². The highest BCUT2D eigenvalue weighted by Crippen LogP contribution is 2.25. The number of aromatic nitrogens is 3. The number of hydrogen-bond donors (Lipinski definition) is 1. The Hall–Kier alpha value is -2.17. The average Bonchev–Trinajstić information content (AvgIpc) is 2.40. The van der Waals surface area contributed by atoms with E-state index in [4.69, 9.17) is 0 Å². The number of pyridine rings is 1. The van der Waals surface area contributed by atoms with Crippen molar-refractivity contribution in [1.29, 1.82) is 0 Å². The Morgan fingerprint density at radius 3 is 2.56 bits per heavy atom. The summed E-state index contributed by atoms with van der Waals surface area (Å²) in [5, 5.41) is 3.40. The molecule has 1 unspecified atom stereocenters. The predicted molar refractivity (Wildman–Crippen MR) is 72.6 cm³/mol. The summed E-state index contributed by atoms with van der Waals surface area (Å²) < 4.78 is 0. The van der Waals surface area contributed by atoms with Crippen LogP contribution < -0.4 is 10.2 Å². The molecule has 0 amide bonds. The second-order valence-electron chi connectivity index (χ2n) is 4.28. The molecular formula is C13H17N5. The molecule has 18 heavy (non-hydrogen) atoms. The lowest BCUT2D eigenvalue weighted by Gasteiger charge is -2.20. The zero-order chi connectivity index (χ0) is 13.0. The number of rotatable bonds is 4. The lowest BCUT2D eigenvalue weighted by atomic mass is 10.2. The fraction of sp³-hybridized carbons (Fsp3) is 0.308. The Morgan fingerprint density at radius 1 is 1.11 bits per heavy atom. The third kappa shape index (κ3) is 2.74. The minimum absolute atomic E-state index is 0.0848. The first-order valence-corrected chi connectivity index (χ1v) is 5.82. The quantitative estimate of drug-likeness (QED) is 0.891. The molecule has 0 saturated heterocycles. The van der Waals surface area contributed by atoms with Crippen LogP contribution in [-0.4, -0.2) is 29.0 Å².